The third-order valence-electron chi connectivity index (χ3n) is 5.73. The smallest absolute Gasteiger partial charge is 0.243 e. The Morgan fingerprint density at radius 1 is 1.03 bits per heavy atom. The van der Waals surface area contributed by atoms with E-state index in [1.54, 1.807) is 0 Å². The summed E-state index contributed by atoms with van der Waals surface area (Å²) in [6.45, 7) is 3.49. The lowest BCUT2D eigenvalue weighted by Crippen LogP contribution is -2.38. The summed E-state index contributed by atoms with van der Waals surface area (Å²) in [5.74, 6) is -0.0981. The quantitative estimate of drug-likeness (QED) is 0.688. The lowest BCUT2D eigenvalue weighted by molar-refractivity contribution is -0.121. The number of piperidine rings is 1. The molecule has 0 spiro atoms. The molecule has 0 aliphatic carbocycles. The molecule has 1 amide bonds. The van der Waals surface area contributed by atoms with Crippen LogP contribution in [-0.2, 0) is 27.8 Å². The average molecular weight is 433 g/mol. The first-order chi connectivity index (χ1) is 14.4. The molecule has 0 radical (unpaired) electrons. The third-order valence-corrected chi connectivity index (χ3v) is 7.64. The number of rotatable bonds is 8. The van der Waals surface area contributed by atoms with Crippen LogP contribution in [0.1, 0.15) is 43.7 Å². The summed E-state index contributed by atoms with van der Waals surface area (Å²) in [6, 6.07) is 13.2. The summed E-state index contributed by atoms with van der Waals surface area (Å²) in [4.78, 5) is 12.3. The molecule has 0 saturated carbocycles. The number of hydrogen-bond donors (Lipinski definition) is 1. The van der Waals surface area contributed by atoms with Gasteiger partial charge in [-0.1, -0.05) is 31.2 Å². The molecule has 1 fully saturated rings. The highest BCUT2D eigenvalue weighted by atomic mass is 32.2. The summed E-state index contributed by atoms with van der Waals surface area (Å²) in [6.07, 6.45) is 3.66. The molecule has 3 rings (SSSR count). The van der Waals surface area contributed by atoms with Crippen LogP contribution in [0, 0.1) is 11.7 Å². The predicted molar refractivity (Wildman–Crippen MR) is 115 cm³/mol. The normalized spacial score (nSPS) is 15.8. The molecule has 0 bridgehead atoms. The van der Waals surface area contributed by atoms with Gasteiger partial charge in [-0.2, -0.15) is 4.31 Å². The van der Waals surface area contributed by atoms with Crippen molar-refractivity contribution in [2.75, 3.05) is 13.1 Å². The molecule has 162 valence electrons. The summed E-state index contributed by atoms with van der Waals surface area (Å²) < 4.78 is 39.9. The van der Waals surface area contributed by atoms with E-state index in [2.05, 4.69) is 24.4 Å². The molecular weight excluding hydrogens is 403 g/mol. The van der Waals surface area contributed by atoms with Crippen LogP contribution in [0.4, 0.5) is 4.39 Å². The summed E-state index contributed by atoms with van der Waals surface area (Å²) >= 11 is 0. The van der Waals surface area contributed by atoms with E-state index in [4.69, 9.17) is 0 Å². The molecule has 0 unspecified atom stereocenters. The molecule has 1 aliphatic heterocycles. The number of nitrogens with zero attached hydrogens (tertiary/aromatic N) is 1. The Hall–Kier alpha value is -2.25. The van der Waals surface area contributed by atoms with Crippen LogP contribution in [-0.4, -0.2) is 31.7 Å². The average Bonchev–Trinajstić information content (AvgIpc) is 2.77. The highest BCUT2D eigenvalue weighted by molar-refractivity contribution is 7.89. The fraction of sp³-hybridized carbons (Fsp3) is 0.435. The van der Waals surface area contributed by atoms with Crippen LogP contribution >= 0.6 is 0 Å². The molecule has 0 atom stereocenters. The number of sulfonamides is 1. The van der Waals surface area contributed by atoms with Gasteiger partial charge in [0, 0.05) is 26.1 Å². The number of aryl methyl sites for hydroxylation is 1. The van der Waals surface area contributed by atoms with Gasteiger partial charge >= 0.3 is 0 Å². The Morgan fingerprint density at radius 3 is 2.23 bits per heavy atom. The zero-order chi connectivity index (χ0) is 21.6. The third kappa shape index (κ3) is 5.89. The minimum atomic E-state index is -3.59. The molecule has 7 heteroatoms. The Balaban J connectivity index is 1.41. The number of amides is 1. The van der Waals surface area contributed by atoms with Gasteiger partial charge in [0.05, 0.1) is 4.90 Å². The second-order valence-corrected chi connectivity index (χ2v) is 9.72. The number of nitrogens with one attached hydrogen (secondary N) is 1. The Bertz CT molecular complexity index is 935. The van der Waals surface area contributed by atoms with E-state index in [9.17, 15) is 17.6 Å². The van der Waals surface area contributed by atoms with E-state index >= 15 is 0 Å². The molecular formula is C23H29FN2O3S. The molecule has 2 aromatic carbocycles. The van der Waals surface area contributed by atoms with Gasteiger partial charge in [0.25, 0.3) is 0 Å². The molecule has 1 heterocycles. The van der Waals surface area contributed by atoms with Gasteiger partial charge in [-0.05, 0) is 67.0 Å². The van der Waals surface area contributed by atoms with Crippen molar-refractivity contribution in [3.8, 4) is 0 Å². The highest BCUT2D eigenvalue weighted by Gasteiger charge is 2.29. The van der Waals surface area contributed by atoms with Crippen LogP contribution in [0.15, 0.2) is 53.4 Å². The maximum absolute atomic E-state index is 13.1. The maximum Gasteiger partial charge on any atom is 0.243 e. The first kappa shape index (κ1) is 22.4. The summed E-state index contributed by atoms with van der Waals surface area (Å²) in [5, 5.41) is 2.96. The lowest BCUT2D eigenvalue weighted by atomic mass is 9.93. The molecule has 1 aliphatic rings. The van der Waals surface area contributed by atoms with Gasteiger partial charge in [-0.3, -0.25) is 4.79 Å². The zero-order valence-electron chi connectivity index (χ0n) is 17.3. The first-order valence-electron chi connectivity index (χ1n) is 10.5. The Morgan fingerprint density at radius 2 is 1.63 bits per heavy atom. The van der Waals surface area contributed by atoms with E-state index in [1.807, 2.05) is 12.1 Å². The van der Waals surface area contributed by atoms with Crippen LogP contribution < -0.4 is 5.32 Å². The first-order valence-corrected chi connectivity index (χ1v) is 11.9. The van der Waals surface area contributed by atoms with Crippen molar-refractivity contribution in [3.05, 3.63) is 65.5 Å². The zero-order valence-corrected chi connectivity index (χ0v) is 18.1. The van der Waals surface area contributed by atoms with E-state index in [-0.39, 0.29) is 10.8 Å². The second kappa shape index (κ2) is 10.2. The van der Waals surface area contributed by atoms with Crippen molar-refractivity contribution in [2.45, 2.75) is 50.5 Å². The van der Waals surface area contributed by atoms with Crippen LogP contribution in [0.3, 0.4) is 0 Å². The standard InChI is InChI=1S/C23H29FN2O3S/c1-2-18-3-5-20(6-4-18)17-25-23(27)12-7-19-13-15-26(16-14-19)30(28,29)22-10-8-21(24)9-11-22/h3-6,8-11,19H,2,7,12-17H2,1H3,(H,25,27). The number of hydrogen-bond acceptors (Lipinski definition) is 3. The SMILES string of the molecule is CCc1ccc(CNC(=O)CCC2CCN(S(=O)(=O)c3ccc(F)cc3)CC2)cc1. The fourth-order valence-corrected chi connectivity index (χ4v) is 5.18. The topological polar surface area (TPSA) is 66.5 Å². The van der Waals surface area contributed by atoms with Crippen molar-refractivity contribution >= 4 is 15.9 Å². The van der Waals surface area contributed by atoms with Crippen molar-refractivity contribution in [3.63, 3.8) is 0 Å². The number of halogens is 1. The largest absolute Gasteiger partial charge is 0.352 e. The van der Waals surface area contributed by atoms with E-state index in [0.717, 1.165) is 43.4 Å². The molecule has 1 N–H and O–H groups in total. The highest BCUT2D eigenvalue weighted by Crippen LogP contribution is 2.26. The van der Waals surface area contributed by atoms with E-state index < -0.39 is 15.8 Å². The van der Waals surface area contributed by atoms with Crippen molar-refractivity contribution in [2.24, 2.45) is 5.92 Å². The van der Waals surface area contributed by atoms with Crippen LogP contribution in [0.5, 0.6) is 0 Å². The summed E-state index contributed by atoms with van der Waals surface area (Å²) in [7, 11) is -3.59. The number of carbonyl (C=O) groups is 1. The van der Waals surface area contributed by atoms with E-state index in [1.165, 1.54) is 22.0 Å². The van der Waals surface area contributed by atoms with Crippen LogP contribution in [0.25, 0.3) is 0 Å². The summed E-state index contributed by atoms with van der Waals surface area (Å²) in [5.41, 5.74) is 2.36. The monoisotopic (exact) mass is 432 g/mol. The number of carbonyl (C=O) groups excluding carboxylic acids is 1. The molecule has 5 nitrogen and oxygen atoms in total. The molecule has 0 aromatic heterocycles. The predicted octanol–water partition coefficient (Wildman–Crippen LogP) is 3.89. The molecule has 30 heavy (non-hydrogen) atoms. The van der Waals surface area contributed by atoms with E-state index in [0.29, 0.717) is 32.0 Å². The van der Waals surface area contributed by atoms with Crippen molar-refractivity contribution in [1.29, 1.82) is 0 Å². The van der Waals surface area contributed by atoms with Gasteiger partial charge in [0.15, 0.2) is 0 Å². The molecule has 1 saturated heterocycles. The Labute approximate surface area is 178 Å². The second-order valence-electron chi connectivity index (χ2n) is 7.79. The van der Waals surface area contributed by atoms with Crippen molar-refractivity contribution in [1.82, 2.24) is 9.62 Å². The Kier molecular flexibility index (Phi) is 7.61. The van der Waals surface area contributed by atoms with Gasteiger partial charge < -0.3 is 5.32 Å². The molecule has 2 aromatic rings. The lowest BCUT2D eigenvalue weighted by Gasteiger charge is -2.31. The van der Waals surface area contributed by atoms with Gasteiger partial charge in [0.2, 0.25) is 15.9 Å². The van der Waals surface area contributed by atoms with Gasteiger partial charge in [-0.15, -0.1) is 0 Å². The fourth-order valence-electron chi connectivity index (χ4n) is 3.71. The minimum Gasteiger partial charge on any atom is -0.352 e. The number of benzene rings is 2. The van der Waals surface area contributed by atoms with Crippen LogP contribution in [0.2, 0.25) is 0 Å². The maximum atomic E-state index is 13.1. The van der Waals surface area contributed by atoms with Gasteiger partial charge in [-0.25, -0.2) is 12.8 Å². The van der Waals surface area contributed by atoms with Gasteiger partial charge in [0.1, 0.15) is 5.82 Å². The minimum absolute atomic E-state index is 0.0240. The van der Waals surface area contributed by atoms with Crippen molar-refractivity contribution < 1.29 is 17.6 Å².